The van der Waals surface area contributed by atoms with Crippen molar-refractivity contribution >= 4 is 37.8 Å². The molecule has 0 saturated heterocycles. The van der Waals surface area contributed by atoms with Gasteiger partial charge in [0.25, 0.3) is 5.91 Å². The van der Waals surface area contributed by atoms with Gasteiger partial charge in [-0.3, -0.25) is 4.79 Å². The van der Waals surface area contributed by atoms with Crippen LogP contribution in [0.3, 0.4) is 0 Å². The van der Waals surface area contributed by atoms with E-state index in [4.69, 9.17) is 5.11 Å². The molecule has 76 valence electrons. The molecule has 6 heteroatoms. The first-order valence-corrected chi connectivity index (χ1v) is 5.44. The summed E-state index contributed by atoms with van der Waals surface area (Å²) in [6.07, 6.45) is 1.46. The predicted octanol–water partition coefficient (Wildman–Crippen LogP) is 1.33. The summed E-state index contributed by atoms with van der Waals surface area (Å²) in [5, 5.41) is 11.0. The third-order valence-electron chi connectivity index (χ3n) is 1.46. The predicted molar refractivity (Wildman–Crippen MR) is 59.1 cm³/mol. The maximum Gasteiger partial charge on any atom is 0.252 e. The molecule has 0 unspecified atom stereocenters. The highest BCUT2D eigenvalue weighted by molar-refractivity contribution is 9.13. The number of aromatic nitrogens is 1. The van der Waals surface area contributed by atoms with Crippen molar-refractivity contribution in [3.8, 4) is 0 Å². The number of nitrogens with zero attached hydrogens (tertiary/aromatic N) is 1. The summed E-state index contributed by atoms with van der Waals surface area (Å²) in [7, 11) is 0. The van der Waals surface area contributed by atoms with E-state index in [9.17, 15) is 4.79 Å². The Bertz CT molecular complexity index is 344. The van der Waals surface area contributed by atoms with Crippen molar-refractivity contribution in [3.63, 3.8) is 0 Å². The molecule has 14 heavy (non-hydrogen) atoms. The van der Waals surface area contributed by atoms with Crippen LogP contribution in [0.2, 0.25) is 0 Å². The Labute approximate surface area is 98.0 Å². The zero-order valence-corrected chi connectivity index (χ0v) is 10.3. The van der Waals surface area contributed by atoms with Gasteiger partial charge in [-0.2, -0.15) is 0 Å². The van der Waals surface area contributed by atoms with Crippen LogP contribution in [-0.2, 0) is 0 Å². The van der Waals surface area contributed by atoms with Crippen LogP contribution in [0.5, 0.6) is 0 Å². The lowest BCUT2D eigenvalue weighted by Crippen LogP contribution is -2.26. The zero-order chi connectivity index (χ0) is 10.6. The molecule has 4 nitrogen and oxygen atoms in total. The van der Waals surface area contributed by atoms with Crippen molar-refractivity contribution < 1.29 is 9.90 Å². The molecular formula is C8H8Br2N2O2. The molecule has 0 spiro atoms. The lowest BCUT2D eigenvalue weighted by Gasteiger charge is -2.03. The molecule has 1 heterocycles. The highest BCUT2D eigenvalue weighted by atomic mass is 79.9. The van der Waals surface area contributed by atoms with Crippen molar-refractivity contribution in [2.75, 3.05) is 13.2 Å². The maximum atomic E-state index is 11.4. The Morgan fingerprint density at radius 3 is 2.86 bits per heavy atom. The summed E-state index contributed by atoms with van der Waals surface area (Å²) in [5.74, 6) is -0.250. The van der Waals surface area contributed by atoms with Gasteiger partial charge in [-0.15, -0.1) is 0 Å². The molecule has 0 aliphatic carbocycles. The quantitative estimate of drug-likeness (QED) is 0.825. The molecule has 0 radical (unpaired) electrons. The average molecular weight is 324 g/mol. The number of carbonyl (C=O) groups excluding carboxylic acids is 1. The van der Waals surface area contributed by atoms with E-state index in [0.717, 1.165) is 0 Å². The molecule has 1 aromatic heterocycles. The van der Waals surface area contributed by atoms with E-state index >= 15 is 0 Å². The molecule has 0 aliphatic rings. The largest absolute Gasteiger partial charge is 0.395 e. The minimum atomic E-state index is -0.250. The summed E-state index contributed by atoms with van der Waals surface area (Å²) >= 11 is 6.45. The Balaban J connectivity index is 2.76. The van der Waals surface area contributed by atoms with Gasteiger partial charge in [0, 0.05) is 12.7 Å². The topological polar surface area (TPSA) is 62.2 Å². The lowest BCUT2D eigenvalue weighted by molar-refractivity contribution is 0.0944. The van der Waals surface area contributed by atoms with Gasteiger partial charge < -0.3 is 10.4 Å². The second kappa shape index (κ2) is 5.43. The SMILES string of the molecule is O=C(NCCO)c1cnc(Br)c(Br)c1. The van der Waals surface area contributed by atoms with E-state index in [1.165, 1.54) is 6.20 Å². The highest BCUT2D eigenvalue weighted by Gasteiger charge is 2.07. The maximum absolute atomic E-state index is 11.4. The molecule has 0 atom stereocenters. The van der Waals surface area contributed by atoms with Crippen LogP contribution in [-0.4, -0.2) is 29.1 Å². The fraction of sp³-hybridized carbons (Fsp3) is 0.250. The molecule has 0 fully saturated rings. The Hall–Kier alpha value is -0.460. The first kappa shape index (κ1) is 11.6. The number of hydrogen-bond acceptors (Lipinski definition) is 3. The third-order valence-corrected chi connectivity index (χ3v) is 3.22. The Morgan fingerprint density at radius 1 is 1.57 bits per heavy atom. The van der Waals surface area contributed by atoms with Crippen LogP contribution in [0.25, 0.3) is 0 Å². The zero-order valence-electron chi connectivity index (χ0n) is 7.13. The molecule has 1 rings (SSSR count). The Morgan fingerprint density at radius 2 is 2.29 bits per heavy atom. The van der Waals surface area contributed by atoms with Crippen molar-refractivity contribution in [3.05, 3.63) is 26.9 Å². The summed E-state index contributed by atoms with van der Waals surface area (Å²) in [4.78, 5) is 15.3. The van der Waals surface area contributed by atoms with E-state index in [1.54, 1.807) is 6.07 Å². The molecule has 1 amide bonds. The number of aliphatic hydroxyl groups is 1. The number of halogens is 2. The summed E-state index contributed by atoms with van der Waals surface area (Å²) in [6.45, 7) is 0.170. The van der Waals surface area contributed by atoms with E-state index in [-0.39, 0.29) is 19.1 Å². The van der Waals surface area contributed by atoms with E-state index < -0.39 is 0 Å². The minimum Gasteiger partial charge on any atom is -0.395 e. The third kappa shape index (κ3) is 3.04. The van der Waals surface area contributed by atoms with Crippen LogP contribution >= 0.6 is 31.9 Å². The fourth-order valence-corrected chi connectivity index (χ4v) is 1.38. The van der Waals surface area contributed by atoms with Gasteiger partial charge in [0.1, 0.15) is 4.60 Å². The monoisotopic (exact) mass is 322 g/mol. The van der Waals surface area contributed by atoms with Crippen LogP contribution in [0.15, 0.2) is 21.3 Å². The second-order valence-electron chi connectivity index (χ2n) is 2.48. The van der Waals surface area contributed by atoms with Crippen molar-refractivity contribution in [2.45, 2.75) is 0 Å². The smallest absolute Gasteiger partial charge is 0.252 e. The molecule has 0 aromatic carbocycles. The van der Waals surface area contributed by atoms with Crippen LogP contribution < -0.4 is 5.32 Å². The number of amides is 1. The average Bonchev–Trinajstić information content (AvgIpc) is 2.18. The molecule has 0 saturated carbocycles. The van der Waals surface area contributed by atoms with Gasteiger partial charge in [0.2, 0.25) is 0 Å². The molecule has 1 aromatic rings. The number of nitrogens with one attached hydrogen (secondary N) is 1. The minimum absolute atomic E-state index is 0.0726. The number of carbonyl (C=O) groups is 1. The van der Waals surface area contributed by atoms with Gasteiger partial charge in [-0.05, 0) is 37.9 Å². The molecule has 2 N–H and O–H groups in total. The summed E-state index contributed by atoms with van der Waals surface area (Å²) in [6, 6.07) is 1.66. The number of aliphatic hydroxyl groups excluding tert-OH is 1. The van der Waals surface area contributed by atoms with E-state index in [1.807, 2.05) is 0 Å². The number of hydrogen-bond donors (Lipinski definition) is 2. The normalized spacial score (nSPS) is 9.93. The lowest BCUT2D eigenvalue weighted by atomic mass is 10.3. The summed E-state index contributed by atoms with van der Waals surface area (Å²) in [5.41, 5.74) is 0.452. The van der Waals surface area contributed by atoms with Gasteiger partial charge in [-0.1, -0.05) is 0 Å². The number of pyridine rings is 1. The fourth-order valence-electron chi connectivity index (χ4n) is 0.817. The number of rotatable bonds is 3. The molecular weight excluding hydrogens is 316 g/mol. The summed E-state index contributed by atoms with van der Waals surface area (Å²) < 4.78 is 1.37. The van der Waals surface area contributed by atoms with Crippen LogP contribution in [0.4, 0.5) is 0 Å². The van der Waals surface area contributed by atoms with Gasteiger partial charge >= 0.3 is 0 Å². The van der Waals surface area contributed by atoms with Crippen molar-refractivity contribution in [1.82, 2.24) is 10.3 Å². The second-order valence-corrected chi connectivity index (χ2v) is 4.08. The van der Waals surface area contributed by atoms with Crippen LogP contribution in [0, 0.1) is 0 Å². The molecule has 0 aliphatic heterocycles. The van der Waals surface area contributed by atoms with E-state index in [0.29, 0.717) is 14.6 Å². The first-order chi connectivity index (χ1) is 6.65. The van der Waals surface area contributed by atoms with Crippen molar-refractivity contribution in [1.29, 1.82) is 0 Å². The molecule has 0 bridgehead atoms. The van der Waals surface area contributed by atoms with Crippen molar-refractivity contribution in [2.24, 2.45) is 0 Å². The Kier molecular flexibility index (Phi) is 4.50. The van der Waals surface area contributed by atoms with Gasteiger partial charge in [-0.25, -0.2) is 4.98 Å². The van der Waals surface area contributed by atoms with Crippen LogP contribution in [0.1, 0.15) is 10.4 Å². The first-order valence-electron chi connectivity index (χ1n) is 3.85. The highest BCUT2D eigenvalue weighted by Crippen LogP contribution is 2.20. The van der Waals surface area contributed by atoms with E-state index in [2.05, 4.69) is 42.2 Å². The van der Waals surface area contributed by atoms with Gasteiger partial charge in [0.05, 0.1) is 16.6 Å². The standard InChI is InChI=1S/C8H8Br2N2O2/c9-6-3-5(4-12-7(6)10)8(14)11-1-2-13/h3-4,13H,1-2H2,(H,11,14). The van der Waals surface area contributed by atoms with Gasteiger partial charge in [0.15, 0.2) is 0 Å².